The second-order valence-corrected chi connectivity index (χ2v) is 2.44. The van der Waals surface area contributed by atoms with Crippen LogP contribution < -0.4 is 0 Å². The Labute approximate surface area is 72.5 Å². The zero-order chi connectivity index (χ0) is 10.1. The number of halogens is 4. The van der Waals surface area contributed by atoms with E-state index in [0.717, 1.165) is 18.2 Å². The molecule has 1 aromatic carbocycles. The Hall–Kier alpha value is -1.32. The first-order chi connectivity index (χ1) is 5.95. The molecule has 0 fully saturated rings. The summed E-state index contributed by atoms with van der Waals surface area (Å²) in [5.41, 5.74) is -0.927. The van der Waals surface area contributed by atoms with Crippen LogP contribution in [0.2, 0.25) is 0 Å². The standard InChI is InChI=1S/C9H6F4/c1-2-6-3-4-7(5-8(6)10)9(11,12)13/h2-5H,1H2. The van der Waals surface area contributed by atoms with Gasteiger partial charge in [-0.3, -0.25) is 0 Å². The number of rotatable bonds is 1. The summed E-state index contributed by atoms with van der Waals surface area (Å²) in [5, 5.41) is 0. The van der Waals surface area contributed by atoms with Gasteiger partial charge in [0.1, 0.15) is 5.82 Å². The van der Waals surface area contributed by atoms with Gasteiger partial charge in [-0.1, -0.05) is 18.7 Å². The average molecular weight is 190 g/mol. The SMILES string of the molecule is C=Cc1ccc(C(F)(F)F)cc1F. The molecule has 70 valence electrons. The average Bonchev–Trinajstić information content (AvgIpc) is 2.02. The van der Waals surface area contributed by atoms with Crippen LogP contribution in [0, 0.1) is 5.82 Å². The van der Waals surface area contributed by atoms with Crippen LogP contribution in [0.4, 0.5) is 17.6 Å². The van der Waals surface area contributed by atoms with E-state index in [1.54, 1.807) is 0 Å². The van der Waals surface area contributed by atoms with Gasteiger partial charge in [0.25, 0.3) is 0 Å². The summed E-state index contributed by atoms with van der Waals surface area (Å²) in [6.45, 7) is 3.26. The molecular weight excluding hydrogens is 184 g/mol. The Balaban J connectivity index is 3.17. The van der Waals surface area contributed by atoms with Crippen LogP contribution in [0.3, 0.4) is 0 Å². The predicted molar refractivity (Wildman–Crippen MR) is 41.5 cm³/mol. The quantitative estimate of drug-likeness (QED) is 0.594. The Morgan fingerprint density at radius 2 is 1.85 bits per heavy atom. The topological polar surface area (TPSA) is 0 Å². The predicted octanol–water partition coefficient (Wildman–Crippen LogP) is 3.49. The van der Waals surface area contributed by atoms with E-state index in [-0.39, 0.29) is 5.56 Å². The lowest BCUT2D eigenvalue weighted by atomic mass is 10.1. The fourth-order valence-corrected chi connectivity index (χ4v) is 0.869. The molecule has 0 unspecified atom stereocenters. The number of alkyl halides is 3. The van der Waals surface area contributed by atoms with Crippen molar-refractivity contribution >= 4 is 6.08 Å². The second-order valence-electron chi connectivity index (χ2n) is 2.44. The molecule has 0 aliphatic rings. The molecule has 0 bridgehead atoms. The highest BCUT2D eigenvalue weighted by molar-refractivity contribution is 5.48. The molecule has 0 nitrogen and oxygen atoms in total. The fraction of sp³-hybridized carbons (Fsp3) is 0.111. The third-order valence-electron chi connectivity index (χ3n) is 1.55. The third-order valence-corrected chi connectivity index (χ3v) is 1.55. The van der Waals surface area contributed by atoms with Gasteiger partial charge in [0.2, 0.25) is 0 Å². The summed E-state index contributed by atoms with van der Waals surface area (Å²) in [4.78, 5) is 0. The third kappa shape index (κ3) is 2.08. The molecule has 4 heteroatoms. The van der Waals surface area contributed by atoms with Crippen molar-refractivity contribution in [1.29, 1.82) is 0 Å². The minimum atomic E-state index is -4.50. The van der Waals surface area contributed by atoms with Gasteiger partial charge in [-0.15, -0.1) is 0 Å². The van der Waals surface area contributed by atoms with Crippen molar-refractivity contribution in [1.82, 2.24) is 0 Å². The van der Waals surface area contributed by atoms with Crippen LogP contribution >= 0.6 is 0 Å². The van der Waals surface area contributed by atoms with Gasteiger partial charge in [-0.25, -0.2) is 4.39 Å². The smallest absolute Gasteiger partial charge is 0.206 e. The molecule has 0 amide bonds. The Morgan fingerprint density at radius 3 is 2.23 bits per heavy atom. The van der Waals surface area contributed by atoms with Crippen LogP contribution in [-0.4, -0.2) is 0 Å². The van der Waals surface area contributed by atoms with Crippen molar-refractivity contribution in [3.05, 3.63) is 41.7 Å². The van der Waals surface area contributed by atoms with E-state index in [1.165, 1.54) is 0 Å². The monoisotopic (exact) mass is 190 g/mol. The van der Waals surface area contributed by atoms with Crippen molar-refractivity contribution in [2.24, 2.45) is 0 Å². The van der Waals surface area contributed by atoms with Crippen molar-refractivity contribution in [3.63, 3.8) is 0 Å². The molecule has 0 heterocycles. The zero-order valence-corrected chi connectivity index (χ0v) is 6.53. The first kappa shape index (κ1) is 9.77. The van der Waals surface area contributed by atoms with Gasteiger partial charge in [-0.05, 0) is 12.1 Å². The Kier molecular flexibility index (Phi) is 2.40. The van der Waals surface area contributed by atoms with Crippen LogP contribution in [0.1, 0.15) is 11.1 Å². The van der Waals surface area contributed by atoms with Crippen LogP contribution in [-0.2, 0) is 6.18 Å². The van der Waals surface area contributed by atoms with Gasteiger partial charge in [0.15, 0.2) is 0 Å². The van der Waals surface area contributed by atoms with Gasteiger partial charge in [-0.2, -0.15) is 13.2 Å². The summed E-state index contributed by atoms with van der Waals surface area (Å²) >= 11 is 0. The maximum absolute atomic E-state index is 12.8. The first-order valence-corrected chi connectivity index (χ1v) is 3.44. The van der Waals surface area contributed by atoms with Gasteiger partial charge in [0.05, 0.1) is 5.56 Å². The van der Waals surface area contributed by atoms with Gasteiger partial charge >= 0.3 is 6.18 Å². The fourth-order valence-electron chi connectivity index (χ4n) is 0.869. The van der Waals surface area contributed by atoms with Crippen molar-refractivity contribution in [3.8, 4) is 0 Å². The lowest BCUT2D eigenvalue weighted by molar-refractivity contribution is -0.137. The highest BCUT2D eigenvalue weighted by Gasteiger charge is 2.30. The Morgan fingerprint density at radius 1 is 1.23 bits per heavy atom. The van der Waals surface area contributed by atoms with Crippen molar-refractivity contribution in [2.75, 3.05) is 0 Å². The molecule has 0 saturated carbocycles. The van der Waals surface area contributed by atoms with E-state index >= 15 is 0 Å². The molecule has 0 radical (unpaired) electrons. The van der Waals surface area contributed by atoms with E-state index in [9.17, 15) is 17.6 Å². The lowest BCUT2D eigenvalue weighted by Gasteiger charge is -2.06. The molecule has 1 aromatic rings. The normalized spacial score (nSPS) is 11.4. The minimum absolute atomic E-state index is 0.0630. The molecule has 0 aliphatic heterocycles. The molecular formula is C9H6F4. The summed E-state index contributed by atoms with van der Waals surface area (Å²) in [7, 11) is 0. The number of hydrogen-bond acceptors (Lipinski definition) is 0. The zero-order valence-electron chi connectivity index (χ0n) is 6.53. The van der Waals surface area contributed by atoms with Gasteiger partial charge in [0, 0.05) is 5.56 Å². The van der Waals surface area contributed by atoms with E-state index in [2.05, 4.69) is 6.58 Å². The number of benzene rings is 1. The molecule has 0 aliphatic carbocycles. The molecule has 0 N–H and O–H groups in total. The van der Waals surface area contributed by atoms with Crippen molar-refractivity contribution < 1.29 is 17.6 Å². The maximum atomic E-state index is 12.8. The molecule has 0 spiro atoms. The summed E-state index contributed by atoms with van der Waals surface area (Å²) in [6.07, 6.45) is -3.34. The summed E-state index contributed by atoms with van der Waals surface area (Å²) in [5.74, 6) is -0.912. The van der Waals surface area contributed by atoms with Crippen molar-refractivity contribution in [2.45, 2.75) is 6.18 Å². The lowest BCUT2D eigenvalue weighted by Crippen LogP contribution is -2.05. The Bertz CT molecular complexity index is 325. The summed E-state index contributed by atoms with van der Waals surface area (Å²) < 4.78 is 48.8. The molecule has 0 aromatic heterocycles. The minimum Gasteiger partial charge on any atom is -0.206 e. The molecule has 0 saturated heterocycles. The molecule has 0 atom stereocenters. The largest absolute Gasteiger partial charge is 0.416 e. The van der Waals surface area contributed by atoms with Gasteiger partial charge < -0.3 is 0 Å². The van der Waals surface area contributed by atoms with E-state index in [0.29, 0.717) is 6.07 Å². The molecule has 1 rings (SSSR count). The highest BCUT2D eigenvalue weighted by Crippen LogP contribution is 2.30. The van der Waals surface area contributed by atoms with E-state index in [4.69, 9.17) is 0 Å². The van der Waals surface area contributed by atoms with Crippen LogP contribution in [0.15, 0.2) is 24.8 Å². The summed E-state index contributed by atoms with van der Waals surface area (Å²) in [6, 6.07) is 2.32. The first-order valence-electron chi connectivity index (χ1n) is 3.44. The van der Waals surface area contributed by atoms with Crippen LogP contribution in [0.5, 0.6) is 0 Å². The number of hydrogen-bond donors (Lipinski definition) is 0. The maximum Gasteiger partial charge on any atom is 0.416 e. The van der Waals surface area contributed by atoms with E-state index in [1.807, 2.05) is 0 Å². The second kappa shape index (κ2) is 3.20. The van der Waals surface area contributed by atoms with E-state index < -0.39 is 17.6 Å². The highest BCUT2D eigenvalue weighted by atomic mass is 19.4. The van der Waals surface area contributed by atoms with Crippen LogP contribution in [0.25, 0.3) is 6.08 Å². The molecule has 13 heavy (non-hydrogen) atoms.